The zero-order valence-electron chi connectivity index (χ0n) is 20.7. The molecule has 1 aromatic rings. The van der Waals surface area contributed by atoms with Crippen LogP contribution in [0.5, 0.6) is 0 Å². The van der Waals surface area contributed by atoms with Crippen molar-refractivity contribution in [1.29, 1.82) is 0 Å². The topological polar surface area (TPSA) is 191 Å². The number of carbonyl (C=O) groups excluding carboxylic acids is 3. The molecule has 2 aliphatic heterocycles. The van der Waals surface area contributed by atoms with Gasteiger partial charge >= 0.3 is 11.9 Å². The molecule has 37 heavy (non-hydrogen) atoms. The summed E-state index contributed by atoms with van der Waals surface area (Å²) in [6, 6.07) is 3.05. The van der Waals surface area contributed by atoms with E-state index in [1.807, 2.05) is 0 Å². The number of unbranched alkanes of at least 4 members (excludes halogenated alkanes) is 1. The van der Waals surface area contributed by atoms with Crippen molar-refractivity contribution in [1.82, 2.24) is 16.0 Å². The Labute approximate surface area is 214 Å². The summed E-state index contributed by atoms with van der Waals surface area (Å²) in [5.41, 5.74) is 6.75. The van der Waals surface area contributed by atoms with E-state index in [9.17, 15) is 34.2 Å². The standard InChI is InChI=1S/C25H35N5O7/c26-12-4-3-7-17(28-22(32)16-8-5-13-27-16)23(33)29-18(24(34)35)10-11-21(31)30-19-9-2-1-6-15(19)14-20(30)25(36)37/h1-2,6,9,16-18,20,27H,3-5,7-8,10-14,26H2,(H,28,32)(H,29,33)(H,34,35)(H,36,37)/t16-,17+,18-,20+/m1/s1. The molecule has 0 radical (unpaired) electrons. The van der Waals surface area contributed by atoms with Crippen LogP contribution in [0.2, 0.25) is 0 Å². The second kappa shape index (κ2) is 13.2. The third kappa shape index (κ3) is 7.26. The normalized spacial score (nSPS) is 20.1. The Balaban J connectivity index is 1.64. The number of carboxylic acids is 2. The summed E-state index contributed by atoms with van der Waals surface area (Å²) >= 11 is 0. The number of fused-ring (bicyclic) bond motifs is 1. The zero-order chi connectivity index (χ0) is 26.9. The number of benzene rings is 1. The number of hydrogen-bond donors (Lipinski definition) is 6. The molecule has 7 N–H and O–H groups in total. The van der Waals surface area contributed by atoms with Crippen LogP contribution in [0, 0.1) is 0 Å². The molecule has 12 heteroatoms. The molecule has 1 aromatic carbocycles. The number of para-hydroxylation sites is 1. The van der Waals surface area contributed by atoms with Gasteiger partial charge in [-0.15, -0.1) is 0 Å². The summed E-state index contributed by atoms with van der Waals surface area (Å²) in [5, 5.41) is 27.5. The van der Waals surface area contributed by atoms with Gasteiger partial charge in [0.2, 0.25) is 17.7 Å². The minimum absolute atomic E-state index is 0.163. The second-order valence-electron chi connectivity index (χ2n) is 9.38. The van der Waals surface area contributed by atoms with Crippen LogP contribution in [0.15, 0.2) is 24.3 Å². The Bertz CT molecular complexity index is 1010. The lowest BCUT2D eigenvalue weighted by Crippen LogP contribution is -2.54. The van der Waals surface area contributed by atoms with Crippen molar-refractivity contribution in [3.63, 3.8) is 0 Å². The quantitative estimate of drug-likeness (QED) is 0.191. The number of amides is 3. The first-order chi connectivity index (χ1) is 17.7. The van der Waals surface area contributed by atoms with E-state index in [1.54, 1.807) is 24.3 Å². The fourth-order valence-corrected chi connectivity index (χ4v) is 4.75. The van der Waals surface area contributed by atoms with Crippen molar-refractivity contribution in [2.24, 2.45) is 5.73 Å². The van der Waals surface area contributed by atoms with Gasteiger partial charge in [0, 0.05) is 18.5 Å². The SMILES string of the molecule is NCCCC[C@H](NC(=O)[C@H]1CCCN1)C(=O)N[C@H](CCC(=O)N1c2ccccc2C[C@H]1C(=O)O)C(=O)O. The number of nitrogens with zero attached hydrogens (tertiary/aromatic N) is 1. The van der Waals surface area contributed by atoms with Crippen molar-refractivity contribution in [3.05, 3.63) is 29.8 Å². The highest BCUT2D eigenvalue weighted by Crippen LogP contribution is 2.33. The first-order valence-electron chi connectivity index (χ1n) is 12.6. The molecule has 0 aliphatic carbocycles. The molecule has 3 rings (SSSR count). The largest absolute Gasteiger partial charge is 0.480 e. The summed E-state index contributed by atoms with van der Waals surface area (Å²) in [4.78, 5) is 63.4. The van der Waals surface area contributed by atoms with Gasteiger partial charge in [-0.1, -0.05) is 18.2 Å². The van der Waals surface area contributed by atoms with Crippen LogP contribution >= 0.6 is 0 Å². The van der Waals surface area contributed by atoms with Crippen molar-refractivity contribution < 1.29 is 34.2 Å². The smallest absolute Gasteiger partial charge is 0.327 e. The number of aliphatic carboxylic acids is 2. The van der Waals surface area contributed by atoms with Crippen molar-refractivity contribution in [2.45, 2.75) is 75.5 Å². The summed E-state index contributed by atoms with van der Waals surface area (Å²) in [7, 11) is 0. The Kier molecular flexibility index (Phi) is 9.98. The molecule has 1 saturated heterocycles. The van der Waals surface area contributed by atoms with Crippen LogP contribution in [0.1, 0.15) is 50.5 Å². The maximum atomic E-state index is 13.0. The molecule has 0 bridgehead atoms. The van der Waals surface area contributed by atoms with Crippen LogP contribution in [0.4, 0.5) is 5.69 Å². The molecular weight excluding hydrogens is 482 g/mol. The Hall–Kier alpha value is -3.51. The summed E-state index contributed by atoms with van der Waals surface area (Å²) in [5.74, 6) is -4.00. The summed E-state index contributed by atoms with van der Waals surface area (Å²) < 4.78 is 0. The highest BCUT2D eigenvalue weighted by molar-refractivity contribution is 6.02. The molecular formula is C25H35N5O7. The van der Waals surface area contributed by atoms with Crippen molar-refractivity contribution in [3.8, 4) is 0 Å². The minimum atomic E-state index is -1.39. The molecule has 4 atom stereocenters. The fraction of sp³-hybridized carbons (Fsp3) is 0.560. The predicted molar refractivity (Wildman–Crippen MR) is 134 cm³/mol. The molecule has 1 fully saturated rings. The lowest BCUT2D eigenvalue weighted by molar-refractivity contribution is -0.143. The van der Waals surface area contributed by atoms with Crippen LogP contribution in [0.25, 0.3) is 0 Å². The molecule has 0 aromatic heterocycles. The summed E-state index contributed by atoms with van der Waals surface area (Å²) in [6.07, 6.45) is 2.63. The van der Waals surface area contributed by atoms with Crippen LogP contribution in [-0.4, -0.2) is 77.1 Å². The lowest BCUT2D eigenvalue weighted by atomic mass is 10.1. The lowest BCUT2D eigenvalue weighted by Gasteiger charge is -2.25. The van der Waals surface area contributed by atoms with E-state index in [4.69, 9.17) is 5.73 Å². The number of nitrogens with two attached hydrogens (primary N) is 1. The fourth-order valence-electron chi connectivity index (χ4n) is 4.75. The van der Waals surface area contributed by atoms with E-state index in [0.29, 0.717) is 38.0 Å². The summed E-state index contributed by atoms with van der Waals surface area (Å²) in [6.45, 7) is 1.13. The van der Waals surface area contributed by atoms with Crippen LogP contribution in [-0.2, 0) is 30.4 Å². The third-order valence-electron chi connectivity index (χ3n) is 6.75. The Morgan fingerprint density at radius 1 is 1.05 bits per heavy atom. The average molecular weight is 518 g/mol. The number of carboxylic acid groups (broad SMARTS) is 2. The van der Waals surface area contributed by atoms with Gasteiger partial charge in [-0.25, -0.2) is 9.59 Å². The van der Waals surface area contributed by atoms with E-state index in [-0.39, 0.29) is 31.6 Å². The molecule has 3 amide bonds. The minimum Gasteiger partial charge on any atom is -0.480 e. The molecule has 0 saturated carbocycles. The van der Waals surface area contributed by atoms with Gasteiger partial charge < -0.3 is 31.9 Å². The molecule has 202 valence electrons. The number of hydrogen-bond acceptors (Lipinski definition) is 7. The zero-order valence-corrected chi connectivity index (χ0v) is 20.7. The average Bonchev–Trinajstić information content (AvgIpc) is 3.54. The van der Waals surface area contributed by atoms with E-state index in [2.05, 4.69) is 16.0 Å². The highest BCUT2D eigenvalue weighted by Gasteiger charge is 2.38. The Morgan fingerprint density at radius 2 is 1.81 bits per heavy atom. The first-order valence-corrected chi connectivity index (χ1v) is 12.6. The van der Waals surface area contributed by atoms with Gasteiger partial charge in [-0.2, -0.15) is 0 Å². The monoisotopic (exact) mass is 517 g/mol. The van der Waals surface area contributed by atoms with E-state index >= 15 is 0 Å². The molecule has 0 spiro atoms. The number of nitrogens with one attached hydrogen (secondary N) is 3. The molecule has 2 aliphatic rings. The maximum absolute atomic E-state index is 13.0. The van der Waals surface area contributed by atoms with Gasteiger partial charge in [-0.05, 0) is 63.2 Å². The van der Waals surface area contributed by atoms with E-state index in [1.165, 1.54) is 4.90 Å². The number of rotatable bonds is 13. The predicted octanol–water partition coefficient (Wildman–Crippen LogP) is -0.256. The first kappa shape index (κ1) is 28.1. The molecule has 12 nitrogen and oxygen atoms in total. The van der Waals surface area contributed by atoms with E-state index in [0.717, 1.165) is 12.0 Å². The van der Waals surface area contributed by atoms with Gasteiger partial charge in [0.05, 0.1) is 6.04 Å². The van der Waals surface area contributed by atoms with Gasteiger partial charge in [0.1, 0.15) is 18.1 Å². The van der Waals surface area contributed by atoms with Crippen molar-refractivity contribution in [2.75, 3.05) is 18.0 Å². The van der Waals surface area contributed by atoms with Crippen LogP contribution in [0.3, 0.4) is 0 Å². The van der Waals surface area contributed by atoms with Crippen LogP contribution < -0.4 is 26.6 Å². The van der Waals surface area contributed by atoms with Gasteiger partial charge in [0.25, 0.3) is 0 Å². The molecule has 2 heterocycles. The van der Waals surface area contributed by atoms with Crippen molar-refractivity contribution >= 4 is 35.3 Å². The number of anilines is 1. The van der Waals surface area contributed by atoms with Gasteiger partial charge in [-0.3, -0.25) is 19.3 Å². The maximum Gasteiger partial charge on any atom is 0.327 e. The third-order valence-corrected chi connectivity index (χ3v) is 6.75. The van der Waals surface area contributed by atoms with Gasteiger partial charge in [0.15, 0.2) is 0 Å². The molecule has 0 unspecified atom stereocenters. The highest BCUT2D eigenvalue weighted by atomic mass is 16.4. The Morgan fingerprint density at radius 3 is 2.46 bits per heavy atom. The second-order valence-corrected chi connectivity index (χ2v) is 9.38. The number of carbonyl (C=O) groups is 5. The van der Waals surface area contributed by atoms with E-state index < -0.39 is 47.9 Å².